The van der Waals surface area contributed by atoms with Gasteiger partial charge in [-0.1, -0.05) is 23.6 Å². The Hall–Kier alpha value is -0.770. The van der Waals surface area contributed by atoms with Gasteiger partial charge in [0.1, 0.15) is 0 Å². The molecule has 1 rings (SSSR count). The average Bonchev–Trinajstić information content (AvgIpc) is 2.36. The van der Waals surface area contributed by atoms with E-state index in [0.29, 0.717) is 4.47 Å². The van der Waals surface area contributed by atoms with Gasteiger partial charge in [-0.25, -0.2) is 4.98 Å². The summed E-state index contributed by atoms with van der Waals surface area (Å²) in [6.07, 6.45) is 1.62. The van der Waals surface area contributed by atoms with Crippen LogP contribution in [0.15, 0.2) is 11.3 Å². The molecule has 1 unspecified atom stereocenters. The number of hydrogen-bond donors (Lipinski definition) is 0. The zero-order valence-electron chi connectivity index (χ0n) is 5.73. The average molecular weight is 189 g/mol. The lowest BCUT2D eigenvalue weighted by Crippen LogP contribution is -1.80. The van der Waals surface area contributed by atoms with Crippen molar-refractivity contribution in [1.29, 1.82) is 0 Å². The van der Waals surface area contributed by atoms with Crippen LogP contribution in [0.3, 0.4) is 0 Å². The number of azide groups is 1. The second-order valence-electron chi connectivity index (χ2n) is 1.90. The van der Waals surface area contributed by atoms with Gasteiger partial charge in [-0.15, -0.1) is 11.3 Å². The van der Waals surface area contributed by atoms with Crippen LogP contribution < -0.4 is 0 Å². The Morgan fingerprint density at radius 3 is 3.09 bits per heavy atom. The van der Waals surface area contributed by atoms with Crippen molar-refractivity contribution in [2.45, 2.75) is 13.0 Å². The van der Waals surface area contributed by atoms with E-state index in [1.807, 2.05) is 0 Å². The zero-order valence-corrected chi connectivity index (χ0v) is 7.30. The summed E-state index contributed by atoms with van der Waals surface area (Å²) in [6, 6.07) is -0.176. The quantitative estimate of drug-likeness (QED) is 0.400. The van der Waals surface area contributed by atoms with E-state index in [2.05, 4.69) is 15.0 Å². The van der Waals surface area contributed by atoms with Gasteiger partial charge in [0.2, 0.25) is 0 Å². The van der Waals surface area contributed by atoms with Crippen molar-refractivity contribution < 1.29 is 0 Å². The first-order valence-corrected chi connectivity index (χ1v) is 4.09. The topological polar surface area (TPSA) is 61.7 Å². The molecule has 6 heteroatoms. The van der Waals surface area contributed by atoms with Gasteiger partial charge >= 0.3 is 0 Å². The van der Waals surface area contributed by atoms with E-state index >= 15 is 0 Å². The predicted octanol–water partition coefficient (Wildman–Crippen LogP) is 3.17. The first-order valence-electron chi connectivity index (χ1n) is 2.89. The highest BCUT2D eigenvalue weighted by Gasteiger charge is 2.05. The van der Waals surface area contributed by atoms with Crippen molar-refractivity contribution in [2.75, 3.05) is 0 Å². The van der Waals surface area contributed by atoms with E-state index in [0.717, 1.165) is 4.88 Å². The normalized spacial score (nSPS) is 12.2. The Balaban J connectivity index is 2.84. The fraction of sp³-hybridized carbons (Fsp3) is 0.400. The van der Waals surface area contributed by atoms with Crippen LogP contribution in [0, 0.1) is 0 Å². The molecule has 0 saturated carbocycles. The zero-order chi connectivity index (χ0) is 8.27. The van der Waals surface area contributed by atoms with E-state index in [9.17, 15) is 0 Å². The van der Waals surface area contributed by atoms with Crippen molar-refractivity contribution in [3.8, 4) is 0 Å². The maximum absolute atomic E-state index is 8.11. The summed E-state index contributed by atoms with van der Waals surface area (Å²) in [6.45, 7) is 1.80. The molecular weight excluding hydrogens is 184 g/mol. The number of hydrogen-bond acceptors (Lipinski definition) is 3. The summed E-state index contributed by atoms with van der Waals surface area (Å²) in [5, 5.41) is 3.50. The van der Waals surface area contributed by atoms with Crippen molar-refractivity contribution in [1.82, 2.24) is 4.98 Å². The molecule has 0 aliphatic rings. The number of nitrogens with zero attached hydrogens (tertiary/aromatic N) is 4. The number of thiazole rings is 1. The lowest BCUT2D eigenvalue weighted by atomic mass is 10.3. The van der Waals surface area contributed by atoms with Crippen LogP contribution in [0.4, 0.5) is 0 Å². The second-order valence-corrected chi connectivity index (χ2v) is 3.54. The number of rotatable bonds is 2. The molecule has 0 amide bonds. The molecule has 0 N–H and O–H groups in total. The molecule has 0 bridgehead atoms. The number of halogens is 1. The van der Waals surface area contributed by atoms with Gasteiger partial charge in [0.05, 0.1) is 6.04 Å². The van der Waals surface area contributed by atoms with Crippen LogP contribution in [0.1, 0.15) is 17.8 Å². The SMILES string of the molecule is CC(N=[N+]=[N-])c1cnc(Cl)s1. The molecule has 11 heavy (non-hydrogen) atoms. The summed E-state index contributed by atoms with van der Waals surface area (Å²) in [7, 11) is 0. The minimum Gasteiger partial charge on any atom is -0.233 e. The molecule has 0 radical (unpaired) electrons. The molecule has 0 saturated heterocycles. The van der Waals surface area contributed by atoms with Gasteiger partial charge in [-0.2, -0.15) is 0 Å². The third-order valence-corrected chi connectivity index (χ3v) is 2.42. The fourth-order valence-electron chi connectivity index (χ4n) is 0.592. The molecule has 1 aromatic heterocycles. The summed E-state index contributed by atoms with van der Waals surface area (Å²) in [5.41, 5.74) is 8.11. The van der Waals surface area contributed by atoms with Gasteiger partial charge in [-0.05, 0) is 5.53 Å². The molecule has 58 valence electrons. The van der Waals surface area contributed by atoms with Crippen molar-refractivity contribution in [3.05, 3.63) is 26.0 Å². The molecule has 4 nitrogen and oxygen atoms in total. The van der Waals surface area contributed by atoms with Crippen LogP contribution >= 0.6 is 22.9 Å². The predicted molar refractivity (Wildman–Crippen MR) is 44.7 cm³/mol. The Morgan fingerprint density at radius 1 is 1.91 bits per heavy atom. The maximum Gasteiger partial charge on any atom is 0.183 e. The lowest BCUT2D eigenvalue weighted by molar-refractivity contribution is 0.824. The standard InChI is InChI=1S/C5H5ClN4S/c1-3(9-10-7)4-2-8-5(6)11-4/h2-3H,1H3. The molecule has 0 aliphatic carbocycles. The highest BCUT2D eigenvalue weighted by molar-refractivity contribution is 7.15. The van der Waals surface area contributed by atoms with E-state index in [4.69, 9.17) is 17.1 Å². The molecule has 0 spiro atoms. The van der Waals surface area contributed by atoms with E-state index < -0.39 is 0 Å². The maximum atomic E-state index is 8.11. The summed E-state index contributed by atoms with van der Waals surface area (Å²) >= 11 is 6.90. The van der Waals surface area contributed by atoms with Crippen molar-refractivity contribution in [3.63, 3.8) is 0 Å². The summed E-state index contributed by atoms with van der Waals surface area (Å²) in [4.78, 5) is 7.38. The van der Waals surface area contributed by atoms with Crippen molar-refractivity contribution >= 4 is 22.9 Å². The Kier molecular flexibility index (Phi) is 2.70. The van der Waals surface area contributed by atoms with E-state index in [-0.39, 0.29) is 6.04 Å². The molecule has 1 atom stereocenters. The van der Waals surface area contributed by atoms with Gasteiger partial charge < -0.3 is 0 Å². The number of aromatic nitrogens is 1. The largest absolute Gasteiger partial charge is 0.233 e. The molecule has 0 aliphatic heterocycles. The Labute approximate surface area is 72.5 Å². The minimum absolute atomic E-state index is 0.176. The van der Waals surface area contributed by atoms with E-state index in [1.54, 1.807) is 13.1 Å². The molecule has 0 aromatic carbocycles. The molecular formula is C5H5ClN4S. The highest BCUT2D eigenvalue weighted by Crippen LogP contribution is 2.25. The highest BCUT2D eigenvalue weighted by atomic mass is 35.5. The second kappa shape index (κ2) is 3.57. The van der Waals surface area contributed by atoms with Crippen LogP contribution in [-0.4, -0.2) is 4.98 Å². The van der Waals surface area contributed by atoms with Crippen molar-refractivity contribution in [2.24, 2.45) is 5.11 Å². The fourth-order valence-corrected chi connectivity index (χ4v) is 1.53. The first-order chi connectivity index (χ1) is 5.24. The Bertz CT molecular complexity index is 290. The molecule has 1 heterocycles. The lowest BCUT2D eigenvalue weighted by Gasteiger charge is -1.95. The molecule has 1 aromatic rings. The summed E-state index contributed by atoms with van der Waals surface area (Å²) < 4.78 is 0.472. The van der Waals surface area contributed by atoms with Crippen LogP contribution in [0.25, 0.3) is 10.4 Å². The van der Waals surface area contributed by atoms with Gasteiger partial charge in [0.15, 0.2) is 4.47 Å². The molecule has 0 fully saturated rings. The van der Waals surface area contributed by atoms with Crippen LogP contribution in [0.2, 0.25) is 4.47 Å². The third-order valence-electron chi connectivity index (χ3n) is 1.13. The minimum atomic E-state index is -0.176. The van der Waals surface area contributed by atoms with Gasteiger partial charge in [0, 0.05) is 16.0 Å². The monoisotopic (exact) mass is 188 g/mol. The van der Waals surface area contributed by atoms with Crippen LogP contribution in [-0.2, 0) is 0 Å². The van der Waals surface area contributed by atoms with E-state index in [1.165, 1.54) is 11.3 Å². The van der Waals surface area contributed by atoms with Gasteiger partial charge in [0.25, 0.3) is 0 Å². The van der Waals surface area contributed by atoms with Gasteiger partial charge in [-0.3, -0.25) is 0 Å². The first kappa shape index (κ1) is 8.33. The third kappa shape index (κ3) is 2.08. The Morgan fingerprint density at radius 2 is 2.64 bits per heavy atom. The smallest absolute Gasteiger partial charge is 0.183 e. The van der Waals surface area contributed by atoms with Crippen LogP contribution in [0.5, 0.6) is 0 Å². The summed E-state index contributed by atoms with van der Waals surface area (Å²) in [5.74, 6) is 0.